The standard InChI is InChI=1S/C15H23NO4/c1-8-6-9(2)14(20-5)12(7-8)13(17)10(3)16-11(4)15(18)19/h6-7,10-11,13,16-17H,1-5H3,(H,18,19). The summed E-state index contributed by atoms with van der Waals surface area (Å²) in [6, 6.07) is 2.71. The molecule has 0 radical (unpaired) electrons. The molecule has 5 nitrogen and oxygen atoms in total. The molecule has 1 rings (SSSR count). The lowest BCUT2D eigenvalue weighted by Crippen LogP contribution is -2.42. The fourth-order valence-electron chi connectivity index (χ4n) is 2.31. The minimum Gasteiger partial charge on any atom is -0.496 e. The van der Waals surface area contributed by atoms with Crippen LogP contribution in [-0.2, 0) is 4.79 Å². The highest BCUT2D eigenvalue weighted by Gasteiger charge is 2.24. The van der Waals surface area contributed by atoms with Crippen LogP contribution in [0.4, 0.5) is 0 Å². The fraction of sp³-hybridized carbons (Fsp3) is 0.533. The van der Waals surface area contributed by atoms with E-state index in [0.29, 0.717) is 11.3 Å². The SMILES string of the molecule is COc1c(C)cc(C)cc1C(O)C(C)NC(C)C(=O)O. The first-order valence-electron chi connectivity index (χ1n) is 6.60. The molecule has 3 N–H and O–H groups in total. The summed E-state index contributed by atoms with van der Waals surface area (Å²) in [7, 11) is 1.56. The molecule has 3 unspecified atom stereocenters. The molecule has 0 heterocycles. The van der Waals surface area contributed by atoms with E-state index in [4.69, 9.17) is 9.84 Å². The lowest BCUT2D eigenvalue weighted by molar-refractivity contribution is -0.139. The van der Waals surface area contributed by atoms with Crippen LogP contribution in [0.25, 0.3) is 0 Å². The van der Waals surface area contributed by atoms with Crippen LogP contribution >= 0.6 is 0 Å². The molecule has 0 aromatic heterocycles. The molecule has 0 saturated heterocycles. The Labute approximate surface area is 119 Å². The monoisotopic (exact) mass is 281 g/mol. The number of aliphatic hydroxyl groups is 1. The van der Waals surface area contributed by atoms with Crippen LogP contribution in [0.5, 0.6) is 5.75 Å². The van der Waals surface area contributed by atoms with Crippen LogP contribution in [0.3, 0.4) is 0 Å². The lowest BCUT2D eigenvalue weighted by atomic mass is 9.97. The summed E-state index contributed by atoms with van der Waals surface area (Å²) in [6.45, 7) is 7.16. The van der Waals surface area contributed by atoms with Crippen molar-refractivity contribution in [3.05, 3.63) is 28.8 Å². The molecule has 0 saturated carbocycles. The quantitative estimate of drug-likeness (QED) is 0.741. The fourth-order valence-corrected chi connectivity index (χ4v) is 2.31. The molecule has 5 heteroatoms. The third kappa shape index (κ3) is 3.71. The van der Waals surface area contributed by atoms with Gasteiger partial charge in [0.05, 0.1) is 13.2 Å². The van der Waals surface area contributed by atoms with Crippen molar-refractivity contribution in [2.75, 3.05) is 7.11 Å². The largest absolute Gasteiger partial charge is 0.496 e. The molecule has 1 aromatic carbocycles. The minimum absolute atomic E-state index is 0.406. The Bertz CT molecular complexity index is 487. The third-order valence-electron chi connectivity index (χ3n) is 3.33. The van der Waals surface area contributed by atoms with Gasteiger partial charge in [-0.1, -0.05) is 11.6 Å². The van der Waals surface area contributed by atoms with Gasteiger partial charge >= 0.3 is 5.97 Å². The van der Waals surface area contributed by atoms with Crippen molar-refractivity contribution in [2.45, 2.75) is 45.9 Å². The van der Waals surface area contributed by atoms with Gasteiger partial charge in [-0.3, -0.25) is 10.1 Å². The topological polar surface area (TPSA) is 78.8 Å². The summed E-state index contributed by atoms with van der Waals surface area (Å²) >= 11 is 0. The minimum atomic E-state index is -0.948. The average molecular weight is 281 g/mol. The Morgan fingerprint density at radius 2 is 1.90 bits per heavy atom. The molecule has 0 aliphatic heterocycles. The number of benzene rings is 1. The first kappa shape index (κ1) is 16.5. The number of aryl methyl sites for hydroxylation is 2. The van der Waals surface area contributed by atoms with Crippen molar-refractivity contribution in [3.63, 3.8) is 0 Å². The van der Waals surface area contributed by atoms with Crippen LogP contribution < -0.4 is 10.1 Å². The van der Waals surface area contributed by atoms with Crippen LogP contribution in [0, 0.1) is 13.8 Å². The number of methoxy groups -OCH3 is 1. The zero-order chi connectivity index (χ0) is 15.4. The highest BCUT2D eigenvalue weighted by Crippen LogP contribution is 2.31. The molecule has 0 aliphatic rings. The number of hydrogen-bond donors (Lipinski definition) is 3. The van der Waals surface area contributed by atoms with E-state index in [1.807, 2.05) is 26.0 Å². The molecular weight excluding hydrogens is 258 g/mol. The summed E-state index contributed by atoms with van der Waals surface area (Å²) in [5, 5.41) is 22.2. The lowest BCUT2D eigenvalue weighted by Gasteiger charge is -2.25. The van der Waals surface area contributed by atoms with E-state index in [-0.39, 0.29) is 0 Å². The van der Waals surface area contributed by atoms with Crippen molar-refractivity contribution in [2.24, 2.45) is 0 Å². The molecule has 3 atom stereocenters. The van der Waals surface area contributed by atoms with E-state index in [1.165, 1.54) is 0 Å². The average Bonchev–Trinajstić information content (AvgIpc) is 2.36. The first-order chi connectivity index (χ1) is 9.27. The summed E-state index contributed by atoms with van der Waals surface area (Å²) < 4.78 is 5.35. The van der Waals surface area contributed by atoms with Gasteiger partial charge in [0, 0.05) is 11.6 Å². The van der Waals surface area contributed by atoms with E-state index < -0.39 is 24.2 Å². The van der Waals surface area contributed by atoms with E-state index in [2.05, 4.69) is 5.32 Å². The van der Waals surface area contributed by atoms with Crippen LogP contribution in [0.2, 0.25) is 0 Å². The molecule has 20 heavy (non-hydrogen) atoms. The summed E-state index contributed by atoms with van der Waals surface area (Å²) in [4.78, 5) is 10.9. The molecule has 0 fully saturated rings. The maximum absolute atomic E-state index is 10.9. The Hall–Kier alpha value is -1.59. The summed E-state index contributed by atoms with van der Waals surface area (Å²) in [5.74, 6) is -0.309. The number of aliphatic carboxylic acids is 1. The van der Waals surface area contributed by atoms with Gasteiger partial charge in [0.1, 0.15) is 11.8 Å². The van der Waals surface area contributed by atoms with Crippen molar-refractivity contribution in [3.8, 4) is 5.75 Å². The smallest absolute Gasteiger partial charge is 0.320 e. The predicted octanol–water partition coefficient (Wildman–Crippen LogP) is 1.80. The number of rotatable bonds is 6. The highest BCUT2D eigenvalue weighted by molar-refractivity contribution is 5.72. The predicted molar refractivity (Wildman–Crippen MR) is 77.1 cm³/mol. The van der Waals surface area contributed by atoms with Crippen molar-refractivity contribution in [1.82, 2.24) is 5.32 Å². The maximum Gasteiger partial charge on any atom is 0.320 e. The molecular formula is C15H23NO4. The van der Waals surface area contributed by atoms with Gasteiger partial charge in [-0.2, -0.15) is 0 Å². The number of carbonyl (C=O) groups is 1. The molecule has 1 aromatic rings. The number of carboxylic acids is 1. The summed E-state index contributed by atoms with van der Waals surface area (Å²) in [5.41, 5.74) is 2.64. The van der Waals surface area contributed by atoms with E-state index in [0.717, 1.165) is 11.1 Å². The highest BCUT2D eigenvalue weighted by atomic mass is 16.5. The van der Waals surface area contributed by atoms with Crippen LogP contribution in [-0.4, -0.2) is 35.4 Å². The first-order valence-corrected chi connectivity index (χ1v) is 6.60. The Balaban J connectivity index is 3.02. The Kier molecular flexibility index (Phi) is 5.53. The molecule has 0 aliphatic carbocycles. The maximum atomic E-state index is 10.9. The van der Waals surface area contributed by atoms with Crippen LogP contribution in [0.15, 0.2) is 12.1 Å². The van der Waals surface area contributed by atoms with Crippen molar-refractivity contribution in [1.29, 1.82) is 0 Å². The zero-order valence-corrected chi connectivity index (χ0v) is 12.6. The molecule has 0 bridgehead atoms. The second kappa shape index (κ2) is 6.72. The van der Waals surface area contributed by atoms with E-state index in [1.54, 1.807) is 21.0 Å². The number of hydrogen-bond acceptors (Lipinski definition) is 4. The molecule has 0 spiro atoms. The van der Waals surface area contributed by atoms with Gasteiger partial charge in [-0.15, -0.1) is 0 Å². The Morgan fingerprint density at radius 3 is 2.40 bits per heavy atom. The number of aliphatic hydroxyl groups excluding tert-OH is 1. The van der Waals surface area contributed by atoms with Gasteiger partial charge in [0.15, 0.2) is 0 Å². The second-order valence-electron chi connectivity index (χ2n) is 5.16. The van der Waals surface area contributed by atoms with Gasteiger partial charge in [0.2, 0.25) is 0 Å². The molecule has 112 valence electrons. The zero-order valence-electron chi connectivity index (χ0n) is 12.6. The second-order valence-corrected chi connectivity index (χ2v) is 5.16. The summed E-state index contributed by atoms with van der Waals surface area (Å²) in [6.07, 6.45) is -0.842. The van der Waals surface area contributed by atoms with Gasteiger partial charge in [-0.05, 0) is 39.3 Å². The normalized spacial score (nSPS) is 15.5. The van der Waals surface area contributed by atoms with Crippen molar-refractivity contribution < 1.29 is 19.7 Å². The third-order valence-corrected chi connectivity index (χ3v) is 3.33. The van der Waals surface area contributed by atoms with Crippen LogP contribution in [0.1, 0.15) is 36.6 Å². The Morgan fingerprint density at radius 1 is 1.30 bits per heavy atom. The van der Waals surface area contributed by atoms with Gasteiger partial charge in [0.25, 0.3) is 0 Å². The van der Waals surface area contributed by atoms with E-state index in [9.17, 15) is 9.90 Å². The van der Waals surface area contributed by atoms with Crippen molar-refractivity contribution >= 4 is 5.97 Å². The van der Waals surface area contributed by atoms with Gasteiger partial charge in [-0.25, -0.2) is 0 Å². The van der Waals surface area contributed by atoms with Gasteiger partial charge < -0.3 is 14.9 Å². The van der Waals surface area contributed by atoms with E-state index >= 15 is 0 Å². The molecule has 0 amide bonds. The number of ether oxygens (including phenoxy) is 1. The number of carboxylic acid groups (broad SMARTS) is 1. The number of nitrogens with one attached hydrogen (secondary N) is 1.